The lowest BCUT2D eigenvalue weighted by Crippen LogP contribution is -2.17. The van der Waals surface area contributed by atoms with Gasteiger partial charge in [0.05, 0.1) is 0 Å². The van der Waals surface area contributed by atoms with Gasteiger partial charge in [-0.05, 0) is 25.8 Å². The van der Waals surface area contributed by atoms with Crippen molar-refractivity contribution in [3.8, 4) is 0 Å². The number of rotatable bonds is 3. The fourth-order valence-corrected chi connectivity index (χ4v) is 1.25. The monoisotopic (exact) mass is 163 g/mol. The fraction of sp³-hybridized carbons (Fsp3) is 0.455. The van der Waals surface area contributed by atoms with Gasteiger partial charge in [-0.3, -0.25) is 0 Å². The van der Waals surface area contributed by atoms with Gasteiger partial charge in [-0.2, -0.15) is 0 Å². The predicted octanol–water partition coefficient (Wildman–Crippen LogP) is 2.73. The largest absolute Gasteiger partial charge is 0.371 e. The second kappa shape index (κ2) is 4.81. The van der Waals surface area contributed by atoms with Crippen LogP contribution in [0.1, 0.15) is 19.8 Å². The van der Waals surface area contributed by atoms with E-state index in [4.69, 9.17) is 0 Å². The van der Waals surface area contributed by atoms with E-state index in [9.17, 15) is 0 Å². The molecule has 1 heteroatoms. The lowest BCUT2D eigenvalue weighted by Gasteiger charge is -2.20. The van der Waals surface area contributed by atoms with Gasteiger partial charge >= 0.3 is 0 Å². The summed E-state index contributed by atoms with van der Waals surface area (Å²) in [5.41, 5.74) is 1.35. The first-order valence-electron chi connectivity index (χ1n) is 4.53. The topological polar surface area (TPSA) is 3.24 Å². The van der Waals surface area contributed by atoms with E-state index in [1.54, 1.807) is 0 Å². The smallest absolute Gasteiger partial charge is 0.0356 e. The number of nitrogens with zero attached hydrogens (tertiary/aromatic N) is 1. The van der Waals surface area contributed by atoms with Gasteiger partial charge in [0.25, 0.3) is 0 Å². The Hall–Kier alpha value is -0.980. The molecule has 0 aromatic carbocycles. The molecule has 1 rings (SSSR count). The molecule has 0 fully saturated rings. The molecule has 0 spiro atoms. The van der Waals surface area contributed by atoms with E-state index in [1.165, 1.54) is 18.5 Å². The van der Waals surface area contributed by atoms with E-state index in [-0.39, 0.29) is 0 Å². The first kappa shape index (κ1) is 9.11. The molecule has 0 atom stereocenters. The summed E-state index contributed by atoms with van der Waals surface area (Å²) >= 11 is 0. The second-order valence-electron chi connectivity index (χ2n) is 3.06. The average molecular weight is 163 g/mol. The molecule has 12 heavy (non-hydrogen) atoms. The molecule has 0 heterocycles. The van der Waals surface area contributed by atoms with Crippen LogP contribution in [0.3, 0.4) is 0 Å². The number of hydrogen-bond donors (Lipinski definition) is 0. The molecule has 0 aromatic heterocycles. The van der Waals surface area contributed by atoms with Gasteiger partial charge in [0.15, 0.2) is 0 Å². The minimum absolute atomic E-state index is 1.01. The summed E-state index contributed by atoms with van der Waals surface area (Å²) in [5, 5.41) is 0. The van der Waals surface area contributed by atoms with Crippen LogP contribution in [0.2, 0.25) is 0 Å². The molecular weight excluding hydrogens is 146 g/mol. The number of allylic oxidation sites excluding steroid dienone is 4. The average Bonchev–Trinajstić information content (AvgIpc) is 2.15. The summed E-state index contributed by atoms with van der Waals surface area (Å²) in [5.74, 6) is 0. The molecule has 1 aliphatic carbocycles. The molecular formula is C11H17N. The molecule has 0 amide bonds. The second-order valence-corrected chi connectivity index (χ2v) is 3.06. The van der Waals surface area contributed by atoms with Crippen LogP contribution in [-0.4, -0.2) is 18.5 Å². The molecule has 0 radical (unpaired) electrons. The van der Waals surface area contributed by atoms with Gasteiger partial charge in [-0.15, -0.1) is 0 Å². The Morgan fingerprint density at radius 3 is 2.92 bits per heavy atom. The molecule has 1 nitrogen and oxygen atoms in total. The minimum Gasteiger partial charge on any atom is -0.371 e. The van der Waals surface area contributed by atoms with Crippen molar-refractivity contribution in [2.45, 2.75) is 19.8 Å². The van der Waals surface area contributed by atoms with Crippen molar-refractivity contribution in [2.75, 3.05) is 13.6 Å². The molecule has 0 aliphatic heterocycles. The third-order valence-electron chi connectivity index (χ3n) is 2.03. The van der Waals surface area contributed by atoms with E-state index in [0.717, 1.165) is 6.54 Å². The maximum atomic E-state index is 2.30. The Balaban J connectivity index is 2.45. The van der Waals surface area contributed by atoms with E-state index < -0.39 is 0 Å². The molecule has 0 bridgehead atoms. The lowest BCUT2D eigenvalue weighted by atomic mass is 10.1. The van der Waals surface area contributed by atoms with Crippen molar-refractivity contribution < 1.29 is 0 Å². The highest BCUT2D eigenvalue weighted by molar-refractivity contribution is 5.21. The molecule has 0 unspecified atom stereocenters. The summed E-state index contributed by atoms with van der Waals surface area (Å²) in [4.78, 5) is 2.26. The summed E-state index contributed by atoms with van der Waals surface area (Å²) in [7, 11) is 2.13. The van der Waals surface area contributed by atoms with Crippen LogP contribution in [0.4, 0.5) is 0 Å². The zero-order chi connectivity index (χ0) is 8.81. The summed E-state index contributed by atoms with van der Waals surface area (Å²) in [6.45, 7) is 3.06. The summed E-state index contributed by atoms with van der Waals surface area (Å²) in [6.07, 6.45) is 13.4. The SMILES string of the molecule is C/C=C\CN(C)C1=CCCC=C1. The first-order valence-corrected chi connectivity index (χ1v) is 4.53. The number of likely N-dealkylation sites (N-methyl/N-ethyl adjacent to an activating group) is 1. The highest BCUT2D eigenvalue weighted by Gasteiger charge is 2.00. The summed E-state index contributed by atoms with van der Waals surface area (Å²) in [6, 6.07) is 0. The lowest BCUT2D eigenvalue weighted by molar-refractivity contribution is 0.475. The van der Waals surface area contributed by atoms with Gasteiger partial charge < -0.3 is 4.90 Å². The van der Waals surface area contributed by atoms with Crippen molar-refractivity contribution in [2.24, 2.45) is 0 Å². The Morgan fingerprint density at radius 1 is 1.50 bits per heavy atom. The van der Waals surface area contributed by atoms with Gasteiger partial charge in [0, 0.05) is 19.3 Å². The molecule has 0 saturated heterocycles. The minimum atomic E-state index is 1.01. The third-order valence-corrected chi connectivity index (χ3v) is 2.03. The van der Waals surface area contributed by atoms with Gasteiger partial charge in [-0.25, -0.2) is 0 Å². The van der Waals surface area contributed by atoms with E-state index in [1.807, 2.05) is 0 Å². The highest BCUT2D eigenvalue weighted by atomic mass is 15.1. The van der Waals surface area contributed by atoms with Crippen LogP contribution in [0.5, 0.6) is 0 Å². The van der Waals surface area contributed by atoms with Crippen molar-refractivity contribution in [3.63, 3.8) is 0 Å². The van der Waals surface area contributed by atoms with Gasteiger partial charge in [0.2, 0.25) is 0 Å². The van der Waals surface area contributed by atoms with Crippen molar-refractivity contribution in [3.05, 3.63) is 36.1 Å². The fourth-order valence-electron chi connectivity index (χ4n) is 1.25. The van der Waals surface area contributed by atoms with Crippen LogP contribution in [0, 0.1) is 0 Å². The summed E-state index contributed by atoms with van der Waals surface area (Å²) < 4.78 is 0. The Labute approximate surface area is 75.1 Å². The van der Waals surface area contributed by atoms with Crippen LogP contribution >= 0.6 is 0 Å². The third kappa shape index (κ3) is 2.57. The van der Waals surface area contributed by atoms with Crippen LogP contribution in [-0.2, 0) is 0 Å². The molecule has 1 aliphatic rings. The van der Waals surface area contributed by atoms with Crippen molar-refractivity contribution in [1.82, 2.24) is 4.90 Å². The maximum absolute atomic E-state index is 2.30. The predicted molar refractivity (Wildman–Crippen MR) is 53.9 cm³/mol. The quantitative estimate of drug-likeness (QED) is 0.578. The molecule has 0 aromatic rings. The van der Waals surface area contributed by atoms with Gasteiger partial charge in [0.1, 0.15) is 0 Å². The zero-order valence-corrected chi connectivity index (χ0v) is 7.96. The normalized spacial score (nSPS) is 16.7. The Bertz CT molecular complexity index is 211. The Morgan fingerprint density at radius 2 is 2.33 bits per heavy atom. The van der Waals surface area contributed by atoms with Gasteiger partial charge in [-0.1, -0.05) is 24.3 Å². The van der Waals surface area contributed by atoms with E-state index >= 15 is 0 Å². The van der Waals surface area contributed by atoms with Crippen LogP contribution in [0.25, 0.3) is 0 Å². The van der Waals surface area contributed by atoms with E-state index in [0.29, 0.717) is 0 Å². The highest BCUT2D eigenvalue weighted by Crippen LogP contribution is 2.12. The molecule has 66 valence electrons. The van der Waals surface area contributed by atoms with Crippen molar-refractivity contribution in [1.29, 1.82) is 0 Å². The van der Waals surface area contributed by atoms with Crippen LogP contribution in [0.15, 0.2) is 36.1 Å². The first-order chi connectivity index (χ1) is 5.84. The molecule has 0 N–H and O–H groups in total. The maximum Gasteiger partial charge on any atom is 0.0356 e. The number of hydrogen-bond acceptors (Lipinski definition) is 1. The zero-order valence-electron chi connectivity index (χ0n) is 7.96. The Kier molecular flexibility index (Phi) is 3.65. The molecule has 0 saturated carbocycles. The van der Waals surface area contributed by atoms with Crippen molar-refractivity contribution >= 4 is 0 Å². The van der Waals surface area contributed by atoms with Crippen LogP contribution < -0.4 is 0 Å². The van der Waals surface area contributed by atoms with E-state index in [2.05, 4.69) is 49.3 Å². The standard InChI is InChI=1S/C11H17N/c1-3-4-10-12(2)11-8-6-5-7-9-11/h3-4,6,8-9H,5,7,10H2,1-2H3/b4-3-.